The molecule has 80 valence electrons. The maximum absolute atomic E-state index is 13.6. The van der Waals surface area contributed by atoms with Crippen molar-refractivity contribution in [3.63, 3.8) is 0 Å². The third-order valence-electron chi connectivity index (χ3n) is 2.59. The van der Waals surface area contributed by atoms with Crippen LogP contribution in [-0.4, -0.2) is 20.3 Å². The molecule has 0 aliphatic heterocycles. The van der Waals surface area contributed by atoms with E-state index in [1.807, 2.05) is 18.2 Å². The smallest absolute Gasteiger partial charge is 0.134 e. The molecule has 2 rings (SSSR count). The summed E-state index contributed by atoms with van der Waals surface area (Å²) in [6.07, 6.45) is 4.52. The molecule has 3 heteroatoms. The standard InChI is InChI=1S/C12H13FO2/c1-14-9-3-4-11-8(5-9)6-10(15-2)7-12(11)13/h4-7,9H,3H2,1-2H3. The fraction of sp³-hybridized carbons (Fsp3) is 0.333. The van der Waals surface area contributed by atoms with E-state index in [0.29, 0.717) is 17.4 Å². The Morgan fingerprint density at radius 1 is 1.33 bits per heavy atom. The normalized spacial score (nSPS) is 18.7. The van der Waals surface area contributed by atoms with Crippen molar-refractivity contribution in [2.45, 2.75) is 12.5 Å². The molecule has 1 aromatic rings. The molecule has 0 aromatic heterocycles. The van der Waals surface area contributed by atoms with Crippen molar-refractivity contribution in [2.75, 3.05) is 14.2 Å². The minimum Gasteiger partial charge on any atom is -0.497 e. The Hall–Kier alpha value is -1.35. The molecule has 0 bridgehead atoms. The highest BCUT2D eigenvalue weighted by Gasteiger charge is 2.09. The molecule has 0 saturated heterocycles. The van der Waals surface area contributed by atoms with Crippen LogP contribution in [0.4, 0.5) is 4.39 Å². The van der Waals surface area contributed by atoms with Gasteiger partial charge >= 0.3 is 0 Å². The van der Waals surface area contributed by atoms with Crippen LogP contribution in [0.5, 0.6) is 5.75 Å². The molecule has 0 radical (unpaired) electrons. The lowest BCUT2D eigenvalue weighted by Crippen LogP contribution is -2.33. The summed E-state index contributed by atoms with van der Waals surface area (Å²) < 4.78 is 23.8. The molecule has 0 spiro atoms. The van der Waals surface area contributed by atoms with Crippen LogP contribution < -0.4 is 15.2 Å². The number of halogens is 1. The van der Waals surface area contributed by atoms with E-state index in [1.165, 1.54) is 13.2 Å². The van der Waals surface area contributed by atoms with Gasteiger partial charge in [0, 0.05) is 18.4 Å². The first-order chi connectivity index (χ1) is 7.24. The highest BCUT2D eigenvalue weighted by molar-refractivity contribution is 5.44. The molecule has 1 aliphatic rings. The summed E-state index contributed by atoms with van der Waals surface area (Å²) >= 11 is 0. The largest absolute Gasteiger partial charge is 0.497 e. The summed E-state index contributed by atoms with van der Waals surface area (Å²) in [7, 11) is 3.18. The summed E-state index contributed by atoms with van der Waals surface area (Å²) in [5.74, 6) is 0.294. The van der Waals surface area contributed by atoms with E-state index in [0.717, 1.165) is 5.22 Å². The van der Waals surface area contributed by atoms with Crippen molar-refractivity contribution in [3.8, 4) is 5.75 Å². The first-order valence-electron chi connectivity index (χ1n) is 4.83. The number of benzene rings is 1. The topological polar surface area (TPSA) is 18.5 Å². The van der Waals surface area contributed by atoms with Gasteiger partial charge in [-0.3, -0.25) is 0 Å². The number of rotatable bonds is 2. The van der Waals surface area contributed by atoms with Crippen LogP contribution in [0, 0.1) is 5.82 Å². The second-order valence-corrected chi connectivity index (χ2v) is 3.49. The van der Waals surface area contributed by atoms with E-state index in [9.17, 15) is 4.39 Å². The first kappa shape index (κ1) is 10.2. The summed E-state index contributed by atoms with van der Waals surface area (Å²) in [6, 6.07) is 3.22. The fourth-order valence-electron chi connectivity index (χ4n) is 1.75. The summed E-state index contributed by atoms with van der Waals surface area (Å²) in [5.41, 5.74) is 0. The van der Waals surface area contributed by atoms with Crippen molar-refractivity contribution in [1.82, 2.24) is 0 Å². The lowest BCUT2D eigenvalue weighted by molar-refractivity contribution is 0.157. The van der Waals surface area contributed by atoms with Crippen molar-refractivity contribution < 1.29 is 13.9 Å². The monoisotopic (exact) mass is 208 g/mol. The van der Waals surface area contributed by atoms with Gasteiger partial charge in [0.2, 0.25) is 0 Å². The van der Waals surface area contributed by atoms with Gasteiger partial charge in [0.25, 0.3) is 0 Å². The number of hydrogen-bond donors (Lipinski definition) is 0. The van der Waals surface area contributed by atoms with Gasteiger partial charge in [-0.15, -0.1) is 0 Å². The Balaban J connectivity index is 2.62. The minimum absolute atomic E-state index is 0.0315. The quantitative estimate of drug-likeness (QED) is 0.716. The lowest BCUT2D eigenvalue weighted by Gasteiger charge is -2.12. The van der Waals surface area contributed by atoms with Crippen LogP contribution in [0.2, 0.25) is 0 Å². The second-order valence-electron chi connectivity index (χ2n) is 3.49. The lowest BCUT2D eigenvalue weighted by atomic mass is 10.1. The van der Waals surface area contributed by atoms with Crippen LogP contribution >= 0.6 is 0 Å². The zero-order valence-electron chi connectivity index (χ0n) is 8.79. The molecule has 1 aromatic carbocycles. The highest BCUT2D eigenvalue weighted by atomic mass is 19.1. The molecule has 1 atom stereocenters. The van der Waals surface area contributed by atoms with Crippen LogP contribution in [0.1, 0.15) is 6.42 Å². The zero-order chi connectivity index (χ0) is 10.8. The van der Waals surface area contributed by atoms with Gasteiger partial charge in [0.1, 0.15) is 11.6 Å². The zero-order valence-corrected chi connectivity index (χ0v) is 8.79. The minimum atomic E-state index is -0.241. The van der Waals surface area contributed by atoms with E-state index in [2.05, 4.69) is 0 Å². The molecule has 0 amide bonds. The summed E-state index contributed by atoms with van der Waals surface area (Å²) in [6.45, 7) is 0. The van der Waals surface area contributed by atoms with E-state index in [1.54, 1.807) is 7.11 Å². The molecule has 0 saturated carbocycles. The van der Waals surface area contributed by atoms with Crippen LogP contribution in [0.3, 0.4) is 0 Å². The Bertz CT molecular complexity index is 479. The number of ether oxygens (including phenoxy) is 2. The van der Waals surface area contributed by atoms with E-state index in [-0.39, 0.29) is 11.9 Å². The third-order valence-corrected chi connectivity index (χ3v) is 2.59. The maximum Gasteiger partial charge on any atom is 0.134 e. The first-order valence-corrected chi connectivity index (χ1v) is 4.83. The van der Waals surface area contributed by atoms with Crippen LogP contribution in [-0.2, 0) is 4.74 Å². The van der Waals surface area contributed by atoms with Crippen molar-refractivity contribution in [2.24, 2.45) is 0 Å². The molecule has 0 fully saturated rings. The average Bonchev–Trinajstić information content (AvgIpc) is 2.28. The van der Waals surface area contributed by atoms with Gasteiger partial charge in [-0.1, -0.05) is 6.08 Å². The SMILES string of the molecule is COc1cc(F)c2c(c1)=CC(OC)CC=2. The molecule has 1 aliphatic carbocycles. The van der Waals surface area contributed by atoms with Gasteiger partial charge in [-0.2, -0.15) is 0 Å². The van der Waals surface area contributed by atoms with Crippen LogP contribution in [0.15, 0.2) is 12.1 Å². The third kappa shape index (κ3) is 1.88. The summed E-state index contributed by atoms with van der Waals surface area (Å²) in [4.78, 5) is 0. The number of hydrogen-bond acceptors (Lipinski definition) is 2. The fourth-order valence-corrected chi connectivity index (χ4v) is 1.75. The Labute approximate surface area is 87.6 Å². The number of methoxy groups -OCH3 is 2. The van der Waals surface area contributed by atoms with Crippen molar-refractivity contribution in [3.05, 3.63) is 28.4 Å². The maximum atomic E-state index is 13.6. The average molecular weight is 208 g/mol. The predicted molar refractivity (Wildman–Crippen MR) is 56.5 cm³/mol. The van der Waals surface area contributed by atoms with Gasteiger partial charge < -0.3 is 9.47 Å². The van der Waals surface area contributed by atoms with Gasteiger partial charge in [0.05, 0.1) is 13.2 Å². The molecule has 0 N–H and O–H groups in total. The number of fused-ring (bicyclic) bond motifs is 1. The van der Waals surface area contributed by atoms with Gasteiger partial charge in [-0.05, 0) is 23.8 Å². The molecule has 2 nitrogen and oxygen atoms in total. The van der Waals surface area contributed by atoms with Crippen molar-refractivity contribution in [1.29, 1.82) is 0 Å². The predicted octanol–water partition coefficient (Wildman–Crippen LogP) is 0.814. The molecular weight excluding hydrogens is 195 g/mol. The van der Waals surface area contributed by atoms with Gasteiger partial charge in [0.15, 0.2) is 0 Å². The molecular formula is C12H13FO2. The van der Waals surface area contributed by atoms with Crippen LogP contribution in [0.25, 0.3) is 12.2 Å². The molecule has 15 heavy (non-hydrogen) atoms. The highest BCUT2D eigenvalue weighted by Crippen LogP contribution is 2.09. The van der Waals surface area contributed by atoms with Crippen molar-refractivity contribution >= 4 is 12.2 Å². The second kappa shape index (κ2) is 4.03. The van der Waals surface area contributed by atoms with E-state index >= 15 is 0 Å². The Kier molecular flexibility index (Phi) is 2.73. The molecule has 1 unspecified atom stereocenters. The van der Waals surface area contributed by atoms with Gasteiger partial charge in [-0.25, -0.2) is 4.39 Å². The summed E-state index contributed by atoms with van der Waals surface area (Å²) in [5, 5.41) is 1.48. The molecule has 0 heterocycles. The van der Waals surface area contributed by atoms with E-state index < -0.39 is 0 Å². The van der Waals surface area contributed by atoms with E-state index in [4.69, 9.17) is 9.47 Å². The Morgan fingerprint density at radius 3 is 2.80 bits per heavy atom. The Morgan fingerprint density at radius 2 is 2.13 bits per heavy atom.